The van der Waals surface area contributed by atoms with E-state index in [0.717, 1.165) is 0 Å². The van der Waals surface area contributed by atoms with Gasteiger partial charge in [0.1, 0.15) is 5.75 Å². The Hall–Kier alpha value is -3.86. The van der Waals surface area contributed by atoms with Crippen LogP contribution in [0.1, 0.15) is 17.7 Å². The average molecular weight is 485 g/mol. The van der Waals surface area contributed by atoms with Crippen LogP contribution >= 0.6 is 0 Å². The maximum Gasteiger partial charge on any atom is 0.264 e. The minimum atomic E-state index is -3.89. The van der Waals surface area contributed by atoms with Crippen molar-refractivity contribution in [3.05, 3.63) is 59.8 Å². The van der Waals surface area contributed by atoms with E-state index in [0.29, 0.717) is 28.4 Å². The van der Waals surface area contributed by atoms with Gasteiger partial charge in [-0.15, -0.1) is 0 Å². The van der Waals surface area contributed by atoms with Crippen LogP contribution in [-0.2, 0) is 19.6 Å². The second-order valence-electron chi connectivity index (χ2n) is 7.94. The molecule has 0 saturated carbocycles. The second kappa shape index (κ2) is 9.18. The lowest BCUT2D eigenvalue weighted by Crippen LogP contribution is -2.28. The van der Waals surface area contributed by atoms with Gasteiger partial charge in [0, 0.05) is 29.9 Å². The molecule has 1 unspecified atom stereocenters. The van der Waals surface area contributed by atoms with E-state index < -0.39 is 15.9 Å². The summed E-state index contributed by atoms with van der Waals surface area (Å²) in [6, 6.07) is 12.8. The number of amides is 2. The number of benzene rings is 2. The molecule has 10 nitrogen and oxygen atoms in total. The number of sulfonamides is 1. The number of ether oxygens (including phenoxy) is 1. The molecule has 2 aromatic carbocycles. The van der Waals surface area contributed by atoms with Gasteiger partial charge in [0.05, 0.1) is 23.6 Å². The third-order valence-electron chi connectivity index (χ3n) is 5.70. The second-order valence-corrected chi connectivity index (χ2v) is 9.63. The number of nitrogens with one attached hydrogen (secondary N) is 2. The smallest absolute Gasteiger partial charge is 0.264 e. The summed E-state index contributed by atoms with van der Waals surface area (Å²) in [7, 11) is -2.33. The molecule has 34 heavy (non-hydrogen) atoms. The largest absolute Gasteiger partial charge is 0.497 e. The lowest BCUT2D eigenvalue weighted by Gasteiger charge is -2.17. The van der Waals surface area contributed by atoms with Gasteiger partial charge in [0.2, 0.25) is 17.7 Å². The number of carbonyl (C=O) groups is 2. The van der Waals surface area contributed by atoms with Crippen LogP contribution in [0, 0.1) is 19.8 Å². The molecule has 0 aliphatic carbocycles. The summed E-state index contributed by atoms with van der Waals surface area (Å²) < 4.78 is 37.7. The quantitative estimate of drug-likeness (QED) is 0.527. The average Bonchev–Trinajstić information content (AvgIpc) is 3.36. The summed E-state index contributed by atoms with van der Waals surface area (Å²) >= 11 is 0. The first kappa shape index (κ1) is 23.3. The Labute approximate surface area is 196 Å². The third-order valence-corrected chi connectivity index (χ3v) is 7.04. The van der Waals surface area contributed by atoms with Crippen LogP contribution in [0.2, 0.25) is 0 Å². The third kappa shape index (κ3) is 4.74. The summed E-state index contributed by atoms with van der Waals surface area (Å²) in [6.45, 7) is 3.66. The van der Waals surface area contributed by atoms with E-state index in [2.05, 4.69) is 15.2 Å². The standard InChI is InChI=1S/C23H24N4O6S/c1-14-15(2)25-33-23(14)26-34(30,31)20-10-4-17(5-11-20)24-22(29)16-12-21(28)27(13-16)18-6-8-19(32-3)9-7-18/h4-11,16,26H,12-13H2,1-3H3,(H,24,29). The van der Waals surface area contributed by atoms with Gasteiger partial charge in [-0.25, -0.2) is 13.1 Å². The van der Waals surface area contributed by atoms with Crippen LogP contribution < -0.4 is 19.7 Å². The van der Waals surface area contributed by atoms with E-state index >= 15 is 0 Å². The van der Waals surface area contributed by atoms with Crippen LogP contribution in [0.4, 0.5) is 17.3 Å². The van der Waals surface area contributed by atoms with Gasteiger partial charge in [-0.1, -0.05) is 5.16 Å². The summed E-state index contributed by atoms with van der Waals surface area (Å²) in [5, 5.41) is 6.49. The Morgan fingerprint density at radius 1 is 1.12 bits per heavy atom. The van der Waals surface area contributed by atoms with Gasteiger partial charge in [-0.2, -0.15) is 0 Å². The first-order chi connectivity index (χ1) is 16.2. The number of nitrogens with zero attached hydrogens (tertiary/aromatic N) is 2. The van der Waals surface area contributed by atoms with Crippen LogP contribution in [0.5, 0.6) is 5.75 Å². The maximum absolute atomic E-state index is 12.7. The SMILES string of the molecule is COc1ccc(N2CC(C(=O)Nc3ccc(S(=O)(=O)Nc4onc(C)c4C)cc3)CC2=O)cc1. The fourth-order valence-electron chi connectivity index (χ4n) is 3.55. The summed E-state index contributed by atoms with van der Waals surface area (Å²) in [4.78, 5) is 26.8. The number of hydrogen-bond donors (Lipinski definition) is 2. The molecule has 11 heteroatoms. The van der Waals surface area contributed by atoms with Crippen molar-refractivity contribution < 1.29 is 27.3 Å². The fraction of sp³-hybridized carbons (Fsp3) is 0.261. The predicted molar refractivity (Wildman–Crippen MR) is 125 cm³/mol. The van der Waals surface area contributed by atoms with Gasteiger partial charge in [-0.3, -0.25) is 9.59 Å². The minimum absolute atomic E-state index is 0.000627. The highest BCUT2D eigenvalue weighted by molar-refractivity contribution is 7.92. The molecule has 1 aromatic heterocycles. The van der Waals surface area contributed by atoms with E-state index in [1.165, 1.54) is 24.3 Å². The molecule has 1 aliphatic heterocycles. The first-order valence-corrected chi connectivity index (χ1v) is 12.0. The molecular weight excluding hydrogens is 460 g/mol. The minimum Gasteiger partial charge on any atom is -0.497 e. The maximum atomic E-state index is 12.7. The Morgan fingerprint density at radius 3 is 2.38 bits per heavy atom. The number of hydrogen-bond acceptors (Lipinski definition) is 7. The molecule has 2 heterocycles. The molecule has 1 aliphatic rings. The highest BCUT2D eigenvalue weighted by atomic mass is 32.2. The number of carbonyl (C=O) groups excluding carboxylic acids is 2. The van der Waals surface area contributed by atoms with E-state index in [-0.39, 0.29) is 35.6 Å². The van der Waals surface area contributed by atoms with E-state index in [4.69, 9.17) is 9.26 Å². The molecule has 1 fully saturated rings. The highest BCUT2D eigenvalue weighted by Crippen LogP contribution is 2.28. The van der Waals surface area contributed by atoms with Gasteiger partial charge in [-0.05, 0) is 62.4 Å². The monoisotopic (exact) mass is 484 g/mol. The van der Waals surface area contributed by atoms with E-state index in [1.54, 1.807) is 50.1 Å². The Balaban J connectivity index is 1.39. The summed E-state index contributed by atoms with van der Waals surface area (Å²) in [5.41, 5.74) is 2.31. The van der Waals surface area contributed by atoms with Crippen molar-refractivity contribution in [3.8, 4) is 5.75 Å². The first-order valence-electron chi connectivity index (χ1n) is 10.5. The Morgan fingerprint density at radius 2 is 1.79 bits per heavy atom. The highest BCUT2D eigenvalue weighted by Gasteiger charge is 2.35. The van der Waals surface area contributed by atoms with E-state index in [1.807, 2.05) is 0 Å². The molecule has 2 amide bonds. The molecule has 2 N–H and O–H groups in total. The molecule has 0 bridgehead atoms. The molecule has 3 aromatic rings. The number of anilines is 3. The van der Waals surface area contributed by atoms with E-state index in [9.17, 15) is 18.0 Å². The van der Waals surface area contributed by atoms with Crippen molar-refractivity contribution >= 4 is 39.1 Å². The number of rotatable bonds is 7. The Kier molecular flexibility index (Phi) is 6.29. The lowest BCUT2D eigenvalue weighted by atomic mass is 10.1. The lowest BCUT2D eigenvalue weighted by molar-refractivity contribution is -0.122. The molecule has 1 saturated heterocycles. The van der Waals surface area contributed by atoms with Crippen molar-refractivity contribution in [1.29, 1.82) is 0 Å². The van der Waals surface area contributed by atoms with Crippen molar-refractivity contribution in [2.24, 2.45) is 5.92 Å². The summed E-state index contributed by atoms with van der Waals surface area (Å²) in [5.74, 6) is -0.252. The fourth-order valence-corrected chi connectivity index (χ4v) is 4.59. The molecule has 4 rings (SSSR count). The van der Waals surface area contributed by atoms with Gasteiger partial charge in [0.15, 0.2) is 0 Å². The molecule has 0 radical (unpaired) electrons. The van der Waals surface area contributed by atoms with Gasteiger partial charge >= 0.3 is 0 Å². The van der Waals surface area contributed by atoms with Crippen molar-refractivity contribution in [1.82, 2.24) is 5.16 Å². The molecule has 1 atom stereocenters. The van der Waals surface area contributed by atoms with Crippen molar-refractivity contribution in [3.63, 3.8) is 0 Å². The van der Waals surface area contributed by atoms with Gasteiger partial charge < -0.3 is 19.5 Å². The topological polar surface area (TPSA) is 131 Å². The van der Waals surface area contributed by atoms with Gasteiger partial charge in [0.25, 0.3) is 10.0 Å². The van der Waals surface area contributed by atoms with Crippen molar-refractivity contribution in [2.45, 2.75) is 25.2 Å². The van der Waals surface area contributed by atoms with Crippen LogP contribution in [0.25, 0.3) is 0 Å². The normalized spacial score (nSPS) is 15.9. The van der Waals surface area contributed by atoms with Crippen LogP contribution in [-0.4, -0.2) is 39.0 Å². The number of aryl methyl sites for hydroxylation is 1. The molecule has 178 valence electrons. The van der Waals surface area contributed by atoms with Crippen LogP contribution in [0.3, 0.4) is 0 Å². The number of methoxy groups -OCH3 is 1. The van der Waals surface area contributed by atoms with Crippen molar-refractivity contribution in [2.75, 3.05) is 28.6 Å². The summed E-state index contributed by atoms with van der Waals surface area (Å²) in [6.07, 6.45) is 0.0875. The Bertz CT molecular complexity index is 1320. The predicted octanol–water partition coefficient (Wildman–Crippen LogP) is 3.09. The van der Waals surface area contributed by atoms with Crippen LogP contribution in [0.15, 0.2) is 57.9 Å². The number of aromatic nitrogens is 1. The molecular formula is C23H24N4O6S. The molecule has 0 spiro atoms. The zero-order valence-corrected chi connectivity index (χ0v) is 19.7. The zero-order chi connectivity index (χ0) is 24.5. The zero-order valence-electron chi connectivity index (χ0n) is 18.9.